The minimum atomic E-state index is 0.494. The van der Waals surface area contributed by atoms with Gasteiger partial charge in [-0.2, -0.15) is 0 Å². The lowest BCUT2D eigenvalue weighted by atomic mass is 9.92. The SMILES string of the molecule is CC(C)c1ccc2c(c1)[C@@H]1Cc3ccccc3[C@@H]1N2. The van der Waals surface area contributed by atoms with Crippen molar-refractivity contribution in [2.45, 2.75) is 38.1 Å². The van der Waals surface area contributed by atoms with Gasteiger partial charge in [-0.3, -0.25) is 0 Å². The molecule has 2 aliphatic rings. The van der Waals surface area contributed by atoms with Crippen molar-refractivity contribution in [3.63, 3.8) is 0 Å². The molecule has 0 aromatic heterocycles. The molecule has 1 aliphatic carbocycles. The first kappa shape index (κ1) is 11.1. The minimum Gasteiger partial charge on any atom is -0.377 e. The fourth-order valence-corrected chi connectivity index (χ4v) is 3.61. The van der Waals surface area contributed by atoms with E-state index in [1.54, 1.807) is 0 Å². The van der Waals surface area contributed by atoms with E-state index >= 15 is 0 Å². The highest BCUT2D eigenvalue weighted by molar-refractivity contribution is 5.65. The molecule has 1 nitrogen and oxygen atoms in total. The Hall–Kier alpha value is -1.76. The summed E-state index contributed by atoms with van der Waals surface area (Å²) >= 11 is 0. The third-order valence-electron chi connectivity index (χ3n) is 4.69. The zero-order valence-electron chi connectivity index (χ0n) is 11.5. The molecule has 1 heteroatoms. The van der Waals surface area contributed by atoms with Gasteiger partial charge in [-0.05, 0) is 40.7 Å². The number of fused-ring (bicyclic) bond motifs is 5. The molecular weight excluding hydrogens is 230 g/mol. The molecule has 0 spiro atoms. The van der Waals surface area contributed by atoms with Crippen molar-refractivity contribution in [3.05, 3.63) is 64.7 Å². The van der Waals surface area contributed by atoms with E-state index in [0.717, 1.165) is 0 Å². The molecule has 0 fully saturated rings. The second-order valence-electron chi connectivity index (χ2n) is 6.13. The molecule has 0 bridgehead atoms. The summed E-state index contributed by atoms with van der Waals surface area (Å²) in [5.74, 6) is 1.24. The maximum absolute atomic E-state index is 3.72. The van der Waals surface area contributed by atoms with Gasteiger partial charge in [-0.1, -0.05) is 50.2 Å². The molecule has 96 valence electrons. The predicted octanol–water partition coefficient (Wildman–Crippen LogP) is 4.62. The Morgan fingerprint density at radius 2 is 1.89 bits per heavy atom. The molecular formula is C18H19N. The van der Waals surface area contributed by atoms with Gasteiger partial charge in [0.05, 0.1) is 6.04 Å². The quantitative estimate of drug-likeness (QED) is 0.777. The van der Waals surface area contributed by atoms with Crippen LogP contribution in [-0.2, 0) is 6.42 Å². The summed E-state index contributed by atoms with van der Waals surface area (Å²) in [6, 6.07) is 16.3. The summed E-state index contributed by atoms with van der Waals surface area (Å²) in [6.07, 6.45) is 1.18. The molecule has 2 aromatic rings. The molecule has 2 aromatic carbocycles. The van der Waals surface area contributed by atoms with E-state index in [9.17, 15) is 0 Å². The van der Waals surface area contributed by atoms with Crippen molar-refractivity contribution in [3.8, 4) is 0 Å². The van der Waals surface area contributed by atoms with Crippen molar-refractivity contribution in [2.24, 2.45) is 0 Å². The average Bonchev–Trinajstić information content (AvgIpc) is 2.94. The zero-order chi connectivity index (χ0) is 13.0. The molecule has 0 unspecified atom stereocenters. The van der Waals surface area contributed by atoms with Gasteiger partial charge < -0.3 is 5.32 Å². The summed E-state index contributed by atoms with van der Waals surface area (Å²) < 4.78 is 0. The van der Waals surface area contributed by atoms with Crippen LogP contribution in [0.1, 0.15) is 54.0 Å². The topological polar surface area (TPSA) is 12.0 Å². The van der Waals surface area contributed by atoms with E-state index in [1.165, 1.54) is 34.4 Å². The highest BCUT2D eigenvalue weighted by Crippen LogP contribution is 2.51. The van der Waals surface area contributed by atoms with Gasteiger partial charge in [0, 0.05) is 11.6 Å². The van der Waals surface area contributed by atoms with Crippen molar-refractivity contribution in [2.75, 3.05) is 5.32 Å². The number of nitrogens with one attached hydrogen (secondary N) is 1. The smallest absolute Gasteiger partial charge is 0.0589 e. The predicted molar refractivity (Wildman–Crippen MR) is 79.8 cm³/mol. The number of hydrogen-bond donors (Lipinski definition) is 1. The van der Waals surface area contributed by atoms with Crippen LogP contribution in [0.3, 0.4) is 0 Å². The van der Waals surface area contributed by atoms with E-state index in [-0.39, 0.29) is 0 Å². The Kier molecular flexibility index (Phi) is 2.26. The van der Waals surface area contributed by atoms with Gasteiger partial charge >= 0.3 is 0 Å². The van der Waals surface area contributed by atoms with E-state index in [1.807, 2.05) is 0 Å². The Bertz CT molecular complexity index is 642. The molecule has 0 amide bonds. The van der Waals surface area contributed by atoms with Crippen LogP contribution >= 0.6 is 0 Å². The molecule has 1 aliphatic heterocycles. The lowest BCUT2D eigenvalue weighted by Crippen LogP contribution is -2.05. The average molecular weight is 249 g/mol. The number of rotatable bonds is 1. The van der Waals surface area contributed by atoms with Crippen molar-refractivity contribution in [1.29, 1.82) is 0 Å². The van der Waals surface area contributed by atoms with Crippen molar-refractivity contribution in [1.82, 2.24) is 0 Å². The molecule has 1 N–H and O–H groups in total. The second kappa shape index (κ2) is 3.86. The standard InChI is InChI=1S/C18H19N/c1-11(2)12-7-8-17-15(9-12)16-10-13-5-3-4-6-14(13)18(16)19-17/h3-9,11,16,18-19H,10H2,1-2H3/t16-,18-/m0/s1. The van der Waals surface area contributed by atoms with Gasteiger partial charge in [0.25, 0.3) is 0 Å². The summed E-state index contributed by atoms with van der Waals surface area (Å²) in [4.78, 5) is 0. The van der Waals surface area contributed by atoms with Crippen molar-refractivity contribution >= 4 is 5.69 Å². The lowest BCUT2D eigenvalue weighted by molar-refractivity contribution is 0.675. The Labute approximate surface area is 114 Å². The first-order valence-electron chi connectivity index (χ1n) is 7.22. The minimum absolute atomic E-state index is 0.494. The van der Waals surface area contributed by atoms with Gasteiger partial charge in [0.2, 0.25) is 0 Å². The largest absolute Gasteiger partial charge is 0.377 e. The zero-order valence-corrected chi connectivity index (χ0v) is 11.5. The molecule has 4 rings (SSSR count). The van der Waals surface area contributed by atoms with E-state index in [2.05, 4.69) is 61.6 Å². The Morgan fingerprint density at radius 3 is 2.74 bits per heavy atom. The highest BCUT2D eigenvalue weighted by atomic mass is 15.0. The number of benzene rings is 2. The highest BCUT2D eigenvalue weighted by Gasteiger charge is 2.39. The summed E-state index contributed by atoms with van der Waals surface area (Å²) in [7, 11) is 0. The Balaban J connectivity index is 1.79. The van der Waals surface area contributed by atoms with Crippen LogP contribution < -0.4 is 5.32 Å². The Morgan fingerprint density at radius 1 is 1.05 bits per heavy atom. The van der Waals surface area contributed by atoms with Crippen LogP contribution in [0.5, 0.6) is 0 Å². The van der Waals surface area contributed by atoms with Crippen LogP contribution in [0.25, 0.3) is 0 Å². The van der Waals surface area contributed by atoms with Crippen LogP contribution in [0.15, 0.2) is 42.5 Å². The fourth-order valence-electron chi connectivity index (χ4n) is 3.61. The summed E-state index contributed by atoms with van der Waals surface area (Å²) in [6.45, 7) is 4.54. The first-order valence-corrected chi connectivity index (χ1v) is 7.22. The molecule has 0 saturated heterocycles. The van der Waals surface area contributed by atoms with Gasteiger partial charge in [0.15, 0.2) is 0 Å². The maximum atomic E-state index is 3.72. The third-order valence-corrected chi connectivity index (χ3v) is 4.69. The molecule has 0 radical (unpaired) electrons. The first-order chi connectivity index (χ1) is 9.24. The normalized spacial score (nSPS) is 22.9. The van der Waals surface area contributed by atoms with E-state index in [4.69, 9.17) is 0 Å². The van der Waals surface area contributed by atoms with Crippen LogP contribution in [-0.4, -0.2) is 0 Å². The van der Waals surface area contributed by atoms with E-state index in [0.29, 0.717) is 17.9 Å². The molecule has 0 saturated carbocycles. The van der Waals surface area contributed by atoms with Crippen LogP contribution in [0.2, 0.25) is 0 Å². The molecule has 2 atom stereocenters. The monoisotopic (exact) mass is 249 g/mol. The fraction of sp³-hybridized carbons (Fsp3) is 0.333. The molecule has 1 heterocycles. The van der Waals surface area contributed by atoms with Crippen LogP contribution in [0, 0.1) is 0 Å². The maximum Gasteiger partial charge on any atom is 0.0589 e. The lowest BCUT2D eigenvalue weighted by Gasteiger charge is -2.11. The van der Waals surface area contributed by atoms with Crippen molar-refractivity contribution < 1.29 is 0 Å². The molecule has 19 heavy (non-hydrogen) atoms. The summed E-state index contributed by atoms with van der Waals surface area (Å²) in [5, 5.41) is 3.72. The van der Waals surface area contributed by atoms with E-state index < -0.39 is 0 Å². The summed E-state index contributed by atoms with van der Waals surface area (Å²) in [5.41, 5.74) is 7.33. The second-order valence-corrected chi connectivity index (χ2v) is 6.13. The van der Waals surface area contributed by atoms with Gasteiger partial charge in [-0.25, -0.2) is 0 Å². The van der Waals surface area contributed by atoms with Gasteiger partial charge in [0.1, 0.15) is 0 Å². The number of anilines is 1. The van der Waals surface area contributed by atoms with Gasteiger partial charge in [-0.15, -0.1) is 0 Å². The number of hydrogen-bond acceptors (Lipinski definition) is 1. The van der Waals surface area contributed by atoms with Crippen LogP contribution in [0.4, 0.5) is 5.69 Å². The third kappa shape index (κ3) is 1.54.